The lowest BCUT2D eigenvalue weighted by atomic mass is 9.92. The molecule has 0 spiro atoms. The van der Waals surface area contributed by atoms with Crippen molar-refractivity contribution in [1.82, 2.24) is 9.62 Å². The van der Waals surface area contributed by atoms with E-state index < -0.39 is 10.0 Å². The van der Waals surface area contributed by atoms with Gasteiger partial charge in [-0.2, -0.15) is 4.31 Å². The Bertz CT molecular complexity index is 674. The van der Waals surface area contributed by atoms with Gasteiger partial charge >= 0.3 is 0 Å². The van der Waals surface area contributed by atoms with E-state index in [0.29, 0.717) is 38.3 Å². The number of benzene rings is 1. The Labute approximate surface area is 144 Å². The minimum atomic E-state index is -3.57. The summed E-state index contributed by atoms with van der Waals surface area (Å²) >= 11 is 0. The van der Waals surface area contributed by atoms with E-state index in [2.05, 4.69) is 5.32 Å². The first-order valence-corrected chi connectivity index (χ1v) is 9.57. The molecule has 1 aliphatic heterocycles. The van der Waals surface area contributed by atoms with Gasteiger partial charge in [-0.25, -0.2) is 8.42 Å². The van der Waals surface area contributed by atoms with Crippen molar-refractivity contribution in [3.05, 3.63) is 29.8 Å². The molecule has 1 amide bonds. The molecule has 1 aromatic rings. The number of nitrogens with zero attached hydrogens (tertiary/aromatic N) is 1. The second-order valence-electron chi connectivity index (χ2n) is 7.14. The molecule has 1 aromatic carbocycles. The van der Waals surface area contributed by atoms with Crippen molar-refractivity contribution in [3.63, 3.8) is 0 Å². The molecule has 24 heavy (non-hydrogen) atoms. The molecule has 1 N–H and O–H groups in total. The van der Waals surface area contributed by atoms with Gasteiger partial charge in [-0.15, -0.1) is 0 Å². The fraction of sp³-hybridized carbons (Fsp3) is 0.588. The van der Waals surface area contributed by atoms with Gasteiger partial charge in [0.25, 0.3) is 0 Å². The third-order valence-electron chi connectivity index (χ3n) is 3.73. The van der Waals surface area contributed by atoms with Gasteiger partial charge in [-0.1, -0.05) is 39.0 Å². The number of carbonyl (C=O) groups is 1. The summed E-state index contributed by atoms with van der Waals surface area (Å²) in [4.78, 5) is 12.3. The highest BCUT2D eigenvalue weighted by molar-refractivity contribution is 7.89. The lowest BCUT2D eigenvalue weighted by molar-refractivity contribution is -0.122. The molecule has 6 nitrogen and oxygen atoms in total. The number of rotatable bonds is 5. The van der Waals surface area contributed by atoms with Crippen LogP contribution in [0.25, 0.3) is 0 Å². The Morgan fingerprint density at radius 2 is 1.83 bits per heavy atom. The zero-order valence-corrected chi connectivity index (χ0v) is 15.4. The molecule has 0 atom stereocenters. The van der Waals surface area contributed by atoms with Crippen LogP contribution in [0.4, 0.5) is 0 Å². The van der Waals surface area contributed by atoms with Crippen LogP contribution in [-0.4, -0.2) is 44.9 Å². The number of amides is 1. The Balaban J connectivity index is 2.14. The van der Waals surface area contributed by atoms with Crippen LogP contribution < -0.4 is 5.32 Å². The standard InChI is InChI=1S/C17H26N2O4S/c1-17(2,3)12-16(20)18-13-14-6-4-5-7-15(14)24(21,22)19-8-10-23-11-9-19/h4-7H,8-13H2,1-3H3,(H,18,20). The van der Waals surface area contributed by atoms with Crippen LogP contribution >= 0.6 is 0 Å². The number of hydrogen-bond acceptors (Lipinski definition) is 4. The Morgan fingerprint density at radius 1 is 1.21 bits per heavy atom. The maximum atomic E-state index is 12.8. The van der Waals surface area contributed by atoms with Crippen molar-refractivity contribution in [1.29, 1.82) is 0 Å². The van der Waals surface area contributed by atoms with Gasteiger partial charge in [0.05, 0.1) is 18.1 Å². The monoisotopic (exact) mass is 354 g/mol. The minimum Gasteiger partial charge on any atom is -0.379 e. The third kappa shape index (κ3) is 5.03. The van der Waals surface area contributed by atoms with Gasteiger partial charge < -0.3 is 10.1 Å². The zero-order chi connectivity index (χ0) is 17.8. The molecule has 2 rings (SSSR count). The van der Waals surface area contributed by atoms with Crippen molar-refractivity contribution in [2.75, 3.05) is 26.3 Å². The molecule has 0 aliphatic carbocycles. The minimum absolute atomic E-state index is 0.0823. The first-order valence-electron chi connectivity index (χ1n) is 8.13. The predicted octanol–water partition coefficient (Wildman–Crippen LogP) is 1.76. The van der Waals surface area contributed by atoms with Gasteiger partial charge in [0.2, 0.25) is 15.9 Å². The summed E-state index contributed by atoms with van der Waals surface area (Å²) < 4.78 is 32.3. The van der Waals surface area contributed by atoms with Crippen molar-refractivity contribution >= 4 is 15.9 Å². The number of carbonyl (C=O) groups excluding carboxylic acids is 1. The first kappa shape index (κ1) is 18.9. The van der Waals surface area contributed by atoms with E-state index in [0.717, 1.165) is 0 Å². The zero-order valence-electron chi connectivity index (χ0n) is 14.5. The molecule has 0 bridgehead atoms. The topological polar surface area (TPSA) is 75.7 Å². The largest absolute Gasteiger partial charge is 0.379 e. The van der Waals surface area contributed by atoms with Crippen LogP contribution in [0.2, 0.25) is 0 Å². The third-order valence-corrected chi connectivity index (χ3v) is 5.73. The maximum absolute atomic E-state index is 12.8. The van der Waals surface area contributed by atoms with E-state index in [-0.39, 0.29) is 22.8 Å². The normalized spacial score (nSPS) is 16.8. The summed E-state index contributed by atoms with van der Waals surface area (Å²) in [5, 5.41) is 2.82. The Hall–Kier alpha value is -1.44. The van der Waals surface area contributed by atoms with Crippen molar-refractivity contribution in [2.24, 2.45) is 5.41 Å². The van der Waals surface area contributed by atoms with Gasteiger partial charge in [0, 0.05) is 26.1 Å². The van der Waals surface area contributed by atoms with Crippen molar-refractivity contribution < 1.29 is 17.9 Å². The number of hydrogen-bond donors (Lipinski definition) is 1. The lowest BCUT2D eigenvalue weighted by Crippen LogP contribution is -2.41. The van der Waals surface area contributed by atoms with E-state index in [9.17, 15) is 13.2 Å². The smallest absolute Gasteiger partial charge is 0.243 e. The van der Waals surface area contributed by atoms with Gasteiger partial charge in [-0.05, 0) is 17.0 Å². The molecule has 0 saturated carbocycles. The van der Waals surface area contributed by atoms with Crippen LogP contribution in [0.3, 0.4) is 0 Å². The predicted molar refractivity (Wildman–Crippen MR) is 91.9 cm³/mol. The van der Waals surface area contributed by atoms with Crippen LogP contribution in [0.1, 0.15) is 32.8 Å². The number of nitrogens with one attached hydrogen (secondary N) is 1. The first-order chi connectivity index (χ1) is 11.2. The van der Waals surface area contributed by atoms with Gasteiger partial charge in [-0.3, -0.25) is 4.79 Å². The highest BCUT2D eigenvalue weighted by Gasteiger charge is 2.28. The average Bonchev–Trinajstić information content (AvgIpc) is 2.52. The van der Waals surface area contributed by atoms with Crippen LogP contribution in [0.5, 0.6) is 0 Å². The van der Waals surface area contributed by atoms with Gasteiger partial charge in [0.1, 0.15) is 0 Å². The summed E-state index contributed by atoms with van der Waals surface area (Å²) in [6.07, 6.45) is 0.394. The van der Waals surface area contributed by atoms with E-state index in [4.69, 9.17) is 4.74 Å². The molecule has 1 aliphatic rings. The van der Waals surface area contributed by atoms with Crippen molar-refractivity contribution in [2.45, 2.75) is 38.6 Å². The van der Waals surface area contributed by atoms with Crippen molar-refractivity contribution in [3.8, 4) is 0 Å². The lowest BCUT2D eigenvalue weighted by Gasteiger charge is -2.27. The summed E-state index contributed by atoms with van der Waals surface area (Å²) in [6.45, 7) is 7.69. The van der Waals surface area contributed by atoms with E-state index in [1.165, 1.54) is 4.31 Å². The van der Waals surface area contributed by atoms with E-state index >= 15 is 0 Å². The highest BCUT2D eigenvalue weighted by atomic mass is 32.2. The van der Waals surface area contributed by atoms with Crippen LogP contribution in [0.15, 0.2) is 29.2 Å². The van der Waals surface area contributed by atoms with E-state index in [1.54, 1.807) is 24.3 Å². The fourth-order valence-corrected chi connectivity index (χ4v) is 4.20. The number of ether oxygens (including phenoxy) is 1. The summed E-state index contributed by atoms with van der Waals surface area (Å²) in [6, 6.07) is 6.82. The fourth-order valence-electron chi connectivity index (χ4n) is 2.57. The summed E-state index contributed by atoms with van der Waals surface area (Å²) in [5.41, 5.74) is 0.495. The Morgan fingerprint density at radius 3 is 2.46 bits per heavy atom. The van der Waals surface area contributed by atoms with Crippen LogP contribution in [-0.2, 0) is 26.1 Å². The second-order valence-corrected chi connectivity index (χ2v) is 9.04. The summed E-state index contributed by atoms with van der Waals surface area (Å²) in [7, 11) is -3.57. The molecule has 1 saturated heterocycles. The molecular weight excluding hydrogens is 328 g/mol. The van der Waals surface area contributed by atoms with Gasteiger partial charge in [0.15, 0.2) is 0 Å². The SMILES string of the molecule is CC(C)(C)CC(=O)NCc1ccccc1S(=O)(=O)N1CCOCC1. The quantitative estimate of drug-likeness (QED) is 0.874. The van der Waals surface area contributed by atoms with E-state index in [1.807, 2.05) is 20.8 Å². The maximum Gasteiger partial charge on any atom is 0.243 e. The number of sulfonamides is 1. The molecule has 0 aromatic heterocycles. The molecule has 1 heterocycles. The molecular formula is C17H26N2O4S. The second kappa shape index (κ2) is 7.63. The molecule has 0 unspecified atom stereocenters. The average molecular weight is 354 g/mol. The highest BCUT2D eigenvalue weighted by Crippen LogP contribution is 2.22. The molecule has 7 heteroatoms. The number of morpholine rings is 1. The molecule has 0 radical (unpaired) electrons. The Kier molecular flexibility index (Phi) is 6.01. The summed E-state index contributed by atoms with van der Waals surface area (Å²) in [5.74, 6) is -0.0823. The van der Waals surface area contributed by atoms with Crippen LogP contribution in [0, 0.1) is 5.41 Å². The molecule has 1 fully saturated rings. The molecule has 134 valence electrons.